The van der Waals surface area contributed by atoms with Crippen molar-refractivity contribution in [3.05, 3.63) is 0 Å². The molecule has 0 saturated carbocycles. The van der Waals surface area contributed by atoms with Crippen molar-refractivity contribution in [1.29, 1.82) is 0 Å². The Morgan fingerprint density at radius 3 is 2.91 bits per heavy atom. The van der Waals surface area contributed by atoms with Gasteiger partial charge in [-0.3, -0.25) is 0 Å². The third kappa shape index (κ3) is 1.57. The highest BCUT2D eigenvalue weighted by molar-refractivity contribution is 4.85. The van der Waals surface area contributed by atoms with Gasteiger partial charge in [0.2, 0.25) is 0 Å². The van der Waals surface area contributed by atoms with E-state index in [1.807, 2.05) is 0 Å². The second-order valence-electron chi connectivity index (χ2n) is 3.86. The summed E-state index contributed by atoms with van der Waals surface area (Å²) in [5, 5.41) is 3.47. The Morgan fingerprint density at radius 2 is 2.36 bits per heavy atom. The van der Waals surface area contributed by atoms with Crippen molar-refractivity contribution in [2.45, 2.75) is 38.3 Å². The Labute approximate surface area is 68.3 Å². The highest BCUT2D eigenvalue weighted by Gasteiger charge is 2.30. The van der Waals surface area contributed by atoms with Gasteiger partial charge in [0.15, 0.2) is 0 Å². The molecule has 0 aromatic heterocycles. The molecule has 64 valence electrons. The predicted molar refractivity (Wildman–Crippen MR) is 44.5 cm³/mol. The largest absolute Gasteiger partial charge is 0.378 e. The molecule has 2 aliphatic heterocycles. The molecule has 2 nitrogen and oxygen atoms in total. The van der Waals surface area contributed by atoms with E-state index in [1.54, 1.807) is 0 Å². The Hall–Kier alpha value is -0.0800. The van der Waals surface area contributed by atoms with Crippen LogP contribution in [-0.4, -0.2) is 25.3 Å². The van der Waals surface area contributed by atoms with Crippen LogP contribution < -0.4 is 5.32 Å². The maximum Gasteiger partial charge on any atom is 0.0616 e. The lowest BCUT2D eigenvalue weighted by Gasteiger charge is -2.15. The number of hydrogen-bond donors (Lipinski definition) is 1. The summed E-state index contributed by atoms with van der Waals surface area (Å²) >= 11 is 0. The molecule has 0 aromatic rings. The van der Waals surface area contributed by atoms with Crippen molar-refractivity contribution in [3.63, 3.8) is 0 Å². The second kappa shape index (κ2) is 3.11. The van der Waals surface area contributed by atoms with Crippen molar-refractivity contribution >= 4 is 0 Å². The molecule has 2 heterocycles. The number of rotatable bonds is 1. The van der Waals surface area contributed by atoms with Crippen LogP contribution in [0.4, 0.5) is 0 Å². The summed E-state index contributed by atoms with van der Waals surface area (Å²) in [5.74, 6) is 0.799. The van der Waals surface area contributed by atoms with Crippen LogP contribution in [0.2, 0.25) is 0 Å². The van der Waals surface area contributed by atoms with Crippen LogP contribution in [0.1, 0.15) is 26.2 Å². The fourth-order valence-corrected chi connectivity index (χ4v) is 2.23. The normalized spacial score (nSPS) is 45.0. The monoisotopic (exact) mass is 155 g/mol. The third-order valence-corrected chi connectivity index (χ3v) is 2.88. The van der Waals surface area contributed by atoms with Gasteiger partial charge in [-0.1, -0.05) is 0 Å². The zero-order valence-electron chi connectivity index (χ0n) is 7.18. The molecule has 0 aliphatic carbocycles. The fraction of sp³-hybridized carbons (Fsp3) is 1.00. The molecule has 2 saturated heterocycles. The summed E-state index contributed by atoms with van der Waals surface area (Å²) in [7, 11) is 0. The van der Waals surface area contributed by atoms with Gasteiger partial charge in [-0.05, 0) is 32.1 Å². The maximum absolute atomic E-state index is 5.65. The van der Waals surface area contributed by atoms with Crippen molar-refractivity contribution in [2.75, 3.05) is 13.2 Å². The van der Waals surface area contributed by atoms with E-state index in [4.69, 9.17) is 4.74 Å². The lowest BCUT2D eigenvalue weighted by molar-refractivity contribution is 0.0692. The average molecular weight is 155 g/mol. The molecule has 11 heavy (non-hydrogen) atoms. The van der Waals surface area contributed by atoms with Crippen molar-refractivity contribution in [1.82, 2.24) is 5.32 Å². The van der Waals surface area contributed by atoms with Crippen LogP contribution >= 0.6 is 0 Å². The average Bonchev–Trinajstić information content (AvgIpc) is 2.55. The Morgan fingerprint density at radius 1 is 1.45 bits per heavy atom. The Bertz CT molecular complexity index is 132. The van der Waals surface area contributed by atoms with Gasteiger partial charge >= 0.3 is 0 Å². The molecule has 2 rings (SSSR count). The van der Waals surface area contributed by atoms with Gasteiger partial charge < -0.3 is 10.1 Å². The van der Waals surface area contributed by atoms with E-state index in [0.29, 0.717) is 12.1 Å². The van der Waals surface area contributed by atoms with Gasteiger partial charge in [0, 0.05) is 19.2 Å². The lowest BCUT2D eigenvalue weighted by atomic mass is 9.97. The Kier molecular flexibility index (Phi) is 2.14. The first-order valence-electron chi connectivity index (χ1n) is 4.71. The summed E-state index contributed by atoms with van der Waals surface area (Å²) in [6.45, 7) is 4.43. The minimum Gasteiger partial charge on any atom is -0.378 e. The van der Waals surface area contributed by atoms with E-state index in [2.05, 4.69) is 12.2 Å². The molecular weight excluding hydrogens is 138 g/mol. The molecule has 2 heteroatoms. The Balaban J connectivity index is 1.85. The maximum atomic E-state index is 5.65. The SMILES string of the molecule is CC1CC(C2CCCO2)CN1. The van der Waals surface area contributed by atoms with Crippen molar-refractivity contribution < 1.29 is 4.74 Å². The molecule has 0 amide bonds. The molecule has 2 fully saturated rings. The molecule has 3 unspecified atom stereocenters. The van der Waals surface area contributed by atoms with Gasteiger partial charge in [0.25, 0.3) is 0 Å². The topological polar surface area (TPSA) is 21.3 Å². The first kappa shape index (κ1) is 7.56. The van der Waals surface area contributed by atoms with Crippen LogP contribution in [-0.2, 0) is 4.74 Å². The van der Waals surface area contributed by atoms with Gasteiger partial charge in [0.05, 0.1) is 6.10 Å². The minimum absolute atomic E-state index is 0.576. The summed E-state index contributed by atoms with van der Waals surface area (Å²) in [4.78, 5) is 0. The molecule has 1 N–H and O–H groups in total. The number of nitrogens with one attached hydrogen (secondary N) is 1. The molecular formula is C9H17NO. The predicted octanol–water partition coefficient (Wildman–Crippen LogP) is 1.16. The molecule has 2 aliphatic rings. The summed E-state index contributed by atoms with van der Waals surface area (Å²) in [5.41, 5.74) is 0. The molecule has 0 radical (unpaired) electrons. The van der Waals surface area contributed by atoms with Gasteiger partial charge in [0.1, 0.15) is 0 Å². The van der Waals surface area contributed by atoms with E-state index >= 15 is 0 Å². The van der Waals surface area contributed by atoms with Gasteiger partial charge in [-0.25, -0.2) is 0 Å². The smallest absolute Gasteiger partial charge is 0.0616 e. The van der Waals surface area contributed by atoms with Crippen molar-refractivity contribution in [3.8, 4) is 0 Å². The lowest BCUT2D eigenvalue weighted by Crippen LogP contribution is -2.22. The van der Waals surface area contributed by atoms with Gasteiger partial charge in [-0.15, -0.1) is 0 Å². The highest BCUT2D eigenvalue weighted by Crippen LogP contribution is 2.26. The number of hydrogen-bond acceptors (Lipinski definition) is 2. The molecule has 0 aromatic carbocycles. The van der Waals surface area contributed by atoms with E-state index in [9.17, 15) is 0 Å². The van der Waals surface area contributed by atoms with Crippen molar-refractivity contribution in [2.24, 2.45) is 5.92 Å². The molecule has 3 atom stereocenters. The van der Waals surface area contributed by atoms with Gasteiger partial charge in [-0.2, -0.15) is 0 Å². The molecule has 0 spiro atoms. The highest BCUT2D eigenvalue weighted by atomic mass is 16.5. The van der Waals surface area contributed by atoms with Crippen LogP contribution in [0.3, 0.4) is 0 Å². The first-order valence-corrected chi connectivity index (χ1v) is 4.71. The zero-order chi connectivity index (χ0) is 7.68. The minimum atomic E-state index is 0.576. The van der Waals surface area contributed by atoms with E-state index in [-0.39, 0.29) is 0 Å². The third-order valence-electron chi connectivity index (χ3n) is 2.88. The second-order valence-corrected chi connectivity index (χ2v) is 3.86. The van der Waals surface area contributed by atoms with Crippen LogP contribution in [0.25, 0.3) is 0 Å². The first-order chi connectivity index (χ1) is 5.36. The van der Waals surface area contributed by atoms with Crippen LogP contribution in [0, 0.1) is 5.92 Å². The fourth-order valence-electron chi connectivity index (χ4n) is 2.23. The quantitative estimate of drug-likeness (QED) is 0.613. The van der Waals surface area contributed by atoms with Crippen LogP contribution in [0.5, 0.6) is 0 Å². The number of ether oxygens (including phenoxy) is 1. The van der Waals surface area contributed by atoms with Crippen LogP contribution in [0.15, 0.2) is 0 Å². The summed E-state index contributed by atoms with van der Waals surface area (Å²) in [6, 6.07) is 0.712. The van der Waals surface area contributed by atoms with E-state index in [1.165, 1.54) is 25.8 Å². The summed E-state index contributed by atoms with van der Waals surface area (Å²) in [6.07, 6.45) is 4.45. The molecule has 0 bridgehead atoms. The zero-order valence-corrected chi connectivity index (χ0v) is 7.18. The van der Waals surface area contributed by atoms with E-state index < -0.39 is 0 Å². The van der Waals surface area contributed by atoms with E-state index in [0.717, 1.165) is 12.5 Å². The summed E-state index contributed by atoms with van der Waals surface area (Å²) < 4.78 is 5.65. The standard InChI is InChI=1S/C9H17NO/c1-7-5-8(6-10-7)9-3-2-4-11-9/h7-10H,2-6H2,1H3.